The van der Waals surface area contributed by atoms with Crippen molar-refractivity contribution in [3.8, 4) is 0 Å². The van der Waals surface area contributed by atoms with Gasteiger partial charge < -0.3 is 10.1 Å². The summed E-state index contributed by atoms with van der Waals surface area (Å²) in [6.07, 6.45) is 2.93. The van der Waals surface area contributed by atoms with Crippen LogP contribution >= 0.6 is 11.8 Å². The first-order valence-corrected chi connectivity index (χ1v) is 13.3. The van der Waals surface area contributed by atoms with E-state index in [1.165, 1.54) is 34.9 Å². The van der Waals surface area contributed by atoms with Crippen molar-refractivity contribution >= 4 is 47.0 Å². The molecule has 0 radical (unpaired) electrons. The molecule has 1 fully saturated rings. The van der Waals surface area contributed by atoms with E-state index in [0.717, 1.165) is 17.7 Å². The SMILES string of the molecule is CC(C)(C)OC(=O)C1=C(C=Cc2ccc([N+](=O)[O-])cc2[N+](=O)[O-])CS[C@@H]2[C@H](NC(=O)Cc3ccccc3)C(=O)N12. The highest BCUT2D eigenvalue weighted by molar-refractivity contribution is 8.00. The molecule has 4 rings (SSSR count). The highest BCUT2D eigenvalue weighted by atomic mass is 32.2. The lowest BCUT2D eigenvalue weighted by atomic mass is 10.0. The highest BCUT2D eigenvalue weighted by Gasteiger charge is 2.54. The molecule has 0 spiro atoms. The van der Waals surface area contributed by atoms with E-state index in [1.807, 2.05) is 18.2 Å². The number of hydrogen-bond acceptors (Lipinski definition) is 9. The van der Waals surface area contributed by atoms with Crippen molar-refractivity contribution < 1.29 is 29.0 Å². The molecule has 2 heterocycles. The molecule has 1 saturated heterocycles. The average Bonchev–Trinajstić information content (AvgIpc) is 2.89. The molecule has 0 aromatic heterocycles. The minimum atomic E-state index is -0.868. The van der Waals surface area contributed by atoms with E-state index < -0.39 is 50.1 Å². The number of nitrogens with zero attached hydrogens (tertiary/aromatic N) is 3. The maximum atomic E-state index is 13.2. The van der Waals surface area contributed by atoms with Gasteiger partial charge in [0.15, 0.2) is 0 Å². The van der Waals surface area contributed by atoms with Gasteiger partial charge in [0.25, 0.3) is 17.3 Å². The number of carbonyl (C=O) groups excluding carboxylic acids is 3. The van der Waals surface area contributed by atoms with Crippen LogP contribution in [0.2, 0.25) is 0 Å². The highest BCUT2D eigenvalue weighted by Crippen LogP contribution is 2.41. The van der Waals surface area contributed by atoms with Gasteiger partial charge in [-0.2, -0.15) is 0 Å². The van der Waals surface area contributed by atoms with Crippen LogP contribution < -0.4 is 5.32 Å². The Morgan fingerprint density at radius 3 is 2.42 bits per heavy atom. The maximum Gasteiger partial charge on any atom is 0.355 e. The number of ether oxygens (including phenoxy) is 1. The van der Waals surface area contributed by atoms with Crippen LogP contribution in [0, 0.1) is 20.2 Å². The van der Waals surface area contributed by atoms with E-state index in [0.29, 0.717) is 5.57 Å². The Kier molecular flexibility index (Phi) is 8.05. The topological polar surface area (TPSA) is 162 Å². The van der Waals surface area contributed by atoms with Gasteiger partial charge in [-0.1, -0.05) is 36.4 Å². The number of fused-ring (bicyclic) bond motifs is 1. The Morgan fingerprint density at radius 1 is 1.10 bits per heavy atom. The van der Waals surface area contributed by atoms with Gasteiger partial charge >= 0.3 is 5.97 Å². The van der Waals surface area contributed by atoms with Gasteiger partial charge in [-0.15, -0.1) is 11.8 Å². The fraction of sp³-hybridized carbons (Fsp3) is 0.296. The zero-order chi connectivity index (χ0) is 29.2. The van der Waals surface area contributed by atoms with Gasteiger partial charge in [-0.25, -0.2) is 4.79 Å². The van der Waals surface area contributed by atoms with Crippen LogP contribution in [-0.2, 0) is 25.5 Å². The summed E-state index contributed by atoms with van der Waals surface area (Å²) in [6.45, 7) is 5.04. The molecule has 2 aliphatic heterocycles. The Labute approximate surface area is 233 Å². The smallest absolute Gasteiger partial charge is 0.355 e. The number of thioether (sulfide) groups is 1. The summed E-state index contributed by atoms with van der Waals surface area (Å²) < 4.78 is 5.56. The molecule has 208 valence electrons. The van der Waals surface area contributed by atoms with Crippen LogP contribution in [0.3, 0.4) is 0 Å². The molecule has 13 heteroatoms. The third kappa shape index (κ3) is 6.20. The first-order chi connectivity index (χ1) is 18.9. The molecule has 2 aliphatic rings. The molecule has 1 N–H and O–H groups in total. The average molecular weight is 567 g/mol. The molecule has 40 heavy (non-hydrogen) atoms. The third-order valence-corrected chi connectivity index (χ3v) is 7.30. The van der Waals surface area contributed by atoms with E-state index in [1.54, 1.807) is 32.9 Å². The van der Waals surface area contributed by atoms with Crippen molar-refractivity contribution in [3.05, 3.63) is 97.2 Å². The molecule has 0 bridgehead atoms. The van der Waals surface area contributed by atoms with Crippen LogP contribution in [-0.4, -0.2) is 55.3 Å². The zero-order valence-electron chi connectivity index (χ0n) is 21.9. The number of allylic oxidation sites excluding steroid dienone is 1. The second kappa shape index (κ2) is 11.3. The van der Waals surface area contributed by atoms with Gasteiger partial charge in [0, 0.05) is 11.8 Å². The zero-order valence-corrected chi connectivity index (χ0v) is 22.7. The fourth-order valence-corrected chi connectivity index (χ4v) is 5.55. The molecule has 2 amide bonds. The molecule has 0 saturated carbocycles. The fourth-order valence-electron chi connectivity index (χ4n) is 4.23. The second-order valence-corrected chi connectivity index (χ2v) is 11.2. The largest absolute Gasteiger partial charge is 0.455 e. The lowest BCUT2D eigenvalue weighted by Gasteiger charge is -2.49. The summed E-state index contributed by atoms with van der Waals surface area (Å²) in [5.41, 5.74) is -0.536. The lowest BCUT2D eigenvalue weighted by Crippen LogP contribution is -2.70. The van der Waals surface area contributed by atoms with Crippen molar-refractivity contribution in [3.63, 3.8) is 0 Å². The second-order valence-electron chi connectivity index (χ2n) is 10.1. The van der Waals surface area contributed by atoms with Gasteiger partial charge in [-0.3, -0.25) is 34.7 Å². The first-order valence-electron chi connectivity index (χ1n) is 12.2. The third-order valence-electron chi connectivity index (χ3n) is 6.00. The molecular weight excluding hydrogens is 540 g/mol. The minimum absolute atomic E-state index is 0.0157. The van der Waals surface area contributed by atoms with E-state index in [2.05, 4.69) is 5.32 Å². The van der Waals surface area contributed by atoms with Gasteiger partial charge in [0.1, 0.15) is 22.7 Å². The molecular formula is C27H26N4O8S. The molecule has 12 nitrogen and oxygen atoms in total. The van der Waals surface area contributed by atoms with Crippen molar-refractivity contribution in [2.24, 2.45) is 0 Å². The van der Waals surface area contributed by atoms with Crippen LogP contribution in [0.15, 0.2) is 65.9 Å². The molecule has 2 aromatic rings. The van der Waals surface area contributed by atoms with Crippen LogP contribution in [0.1, 0.15) is 31.9 Å². The number of amides is 2. The number of carbonyl (C=O) groups is 3. The number of rotatable bonds is 8. The first kappa shape index (κ1) is 28.5. The Hall–Kier alpha value is -4.52. The number of benzene rings is 2. The Balaban J connectivity index is 1.62. The van der Waals surface area contributed by atoms with Crippen LogP contribution in [0.5, 0.6) is 0 Å². The minimum Gasteiger partial charge on any atom is -0.455 e. The molecule has 0 unspecified atom stereocenters. The van der Waals surface area contributed by atoms with E-state index in [-0.39, 0.29) is 29.3 Å². The number of hydrogen-bond donors (Lipinski definition) is 1. The summed E-state index contributed by atoms with van der Waals surface area (Å²) in [4.78, 5) is 61.5. The number of esters is 1. The number of nitrogens with one attached hydrogen (secondary N) is 1. The molecule has 0 aliphatic carbocycles. The van der Waals surface area contributed by atoms with Gasteiger partial charge in [0.2, 0.25) is 5.91 Å². The lowest BCUT2D eigenvalue weighted by molar-refractivity contribution is -0.394. The number of nitro benzene ring substituents is 2. The standard InChI is InChI=1S/C27H26N4O8S/c1-27(2,3)39-26(34)23-18(10-9-17-11-12-19(30(35)36)14-20(17)31(37)38)15-40-25-22(24(33)29(23)25)28-21(32)13-16-7-5-4-6-8-16/h4-12,14,22,25H,13,15H2,1-3H3,(H,28,32)/t22-,25-/m1/s1. The normalized spacial score (nSPS) is 18.7. The summed E-state index contributed by atoms with van der Waals surface area (Å²) in [6, 6.07) is 11.5. The van der Waals surface area contributed by atoms with E-state index in [9.17, 15) is 34.6 Å². The number of nitro groups is 2. The van der Waals surface area contributed by atoms with E-state index in [4.69, 9.17) is 4.74 Å². The Morgan fingerprint density at radius 2 is 1.80 bits per heavy atom. The van der Waals surface area contributed by atoms with Gasteiger partial charge in [-0.05, 0) is 44.1 Å². The van der Waals surface area contributed by atoms with Crippen LogP contribution in [0.25, 0.3) is 6.08 Å². The van der Waals surface area contributed by atoms with Gasteiger partial charge in [0.05, 0.1) is 27.9 Å². The van der Waals surface area contributed by atoms with Crippen LogP contribution in [0.4, 0.5) is 11.4 Å². The van der Waals surface area contributed by atoms with Crippen molar-refractivity contribution in [2.75, 3.05) is 5.75 Å². The summed E-state index contributed by atoms with van der Waals surface area (Å²) in [5, 5.41) is 24.8. The quantitative estimate of drug-likeness (QED) is 0.217. The predicted molar refractivity (Wildman–Crippen MR) is 147 cm³/mol. The van der Waals surface area contributed by atoms with E-state index >= 15 is 0 Å². The monoisotopic (exact) mass is 566 g/mol. The Bertz CT molecular complexity index is 1450. The maximum absolute atomic E-state index is 13.2. The van der Waals surface area contributed by atoms with Crippen molar-refractivity contribution in [1.29, 1.82) is 0 Å². The molecule has 2 atom stereocenters. The number of β-lactam (4-membered cyclic amide) rings is 1. The van der Waals surface area contributed by atoms with Crippen molar-refractivity contribution in [2.45, 2.75) is 44.2 Å². The predicted octanol–water partition coefficient (Wildman–Crippen LogP) is 3.75. The summed E-state index contributed by atoms with van der Waals surface area (Å²) in [7, 11) is 0. The summed E-state index contributed by atoms with van der Waals surface area (Å²) in [5.74, 6) is -1.32. The van der Waals surface area contributed by atoms with Crippen molar-refractivity contribution in [1.82, 2.24) is 10.2 Å². The number of non-ortho nitro benzene ring substituents is 1. The summed E-state index contributed by atoms with van der Waals surface area (Å²) >= 11 is 1.32. The molecule has 2 aromatic carbocycles.